The van der Waals surface area contributed by atoms with Crippen molar-refractivity contribution < 1.29 is 18.3 Å². The lowest BCUT2D eigenvalue weighted by Crippen LogP contribution is -2.38. The van der Waals surface area contributed by atoms with Crippen LogP contribution >= 0.6 is 0 Å². The van der Waals surface area contributed by atoms with Crippen LogP contribution in [0.2, 0.25) is 0 Å². The van der Waals surface area contributed by atoms with Gasteiger partial charge in [-0.25, -0.2) is 4.98 Å². The van der Waals surface area contributed by atoms with Gasteiger partial charge in [-0.05, 0) is 12.5 Å². The third kappa shape index (κ3) is 3.36. The molecule has 5 heterocycles. The maximum absolute atomic E-state index is 9.71. The molecule has 0 unspecified atom stereocenters. The molecule has 0 aromatic carbocycles. The molecule has 0 bridgehead atoms. The first-order valence-electron chi connectivity index (χ1n) is 11.3. The van der Waals surface area contributed by atoms with E-state index in [0.29, 0.717) is 43.5 Å². The van der Waals surface area contributed by atoms with E-state index < -0.39 is 6.98 Å². The number of nitrogens with one attached hydrogen (secondary N) is 1. The van der Waals surface area contributed by atoms with Gasteiger partial charge in [-0.2, -0.15) is 10.2 Å². The molecular formula is C20H23N7O3. The summed E-state index contributed by atoms with van der Waals surface area (Å²) in [5.41, 5.74) is 1.47. The maximum Gasteiger partial charge on any atom is 0.257 e. The van der Waals surface area contributed by atoms with Gasteiger partial charge in [0, 0.05) is 41.2 Å². The van der Waals surface area contributed by atoms with E-state index >= 15 is 0 Å². The van der Waals surface area contributed by atoms with Gasteiger partial charge in [0.05, 0.1) is 26.0 Å². The topological polar surface area (TPSA) is 112 Å². The van der Waals surface area contributed by atoms with Crippen molar-refractivity contribution in [2.24, 2.45) is 12.9 Å². The zero-order valence-corrected chi connectivity index (χ0v) is 16.4. The summed E-state index contributed by atoms with van der Waals surface area (Å²) in [5, 5.41) is 17.6. The molecule has 2 atom stereocenters. The first kappa shape index (κ1) is 15.6. The van der Waals surface area contributed by atoms with E-state index in [4.69, 9.17) is 18.3 Å². The highest BCUT2D eigenvalue weighted by atomic mass is 16.6. The lowest BCUT2D eigenvalue weighted by atomic mass is 9.97. The molecule has 3 aromatic heterocycles. The van der Waals surface area contributed by atoms with E-state index in [-0.39, 0.29) is 29.9 Å². The predicted molar refractivity (Wildman–Crippen MR) is 108 cm³/mol. The van der Waals surface area contributed by atoms with Gasteiger partial charge in [-0.1, -0.05) is 6.92 Å². The van der Waals surface area contributed by atoms with Gasteiger partial charge < -0.3 is 24.1 Å². The molecule has 0 aliphatic carbocycles. The van der Waals surface area contributed by atoms with Gasteiger partial charge in [-0.15, -0.1) is 5.10 Å². The van der Waals surface area contributed by atoms with Gasteiger partial charge in [0.25, 0.3) is 5.88 Å². The molecule has 156 valence electrons. The Bertz CT molecular complexity index is 1210. The SMILES string of the molecule is [2H]C([2H])([2H])n1cc(Nc2ncc3cc(C#N)n([C@@H]4CCOC[C@H]4C)c3n2)c(OC2COC2)n1. The van der Waals surface area contributed by atoms with Crippen LogP contribution in [-0.4, -0.2) is 56.8 Å². The molecule has 10 heteroatoms. The van der Waals surface area contributed by atoms with Crippen LogP contribution in [0.3, 0.4) is 0 Å². The lowest BCUT2D eigenvalue weighted by Gasteiger charge is -2.31. The first-order valence-corrected chi connectivity index (χ1v) is 9.81. The van der Waals surface area contributed by atoms with E-state index in [1.807, 2.05) is 4.57 Å². The summed E-state index contributed by atoms with van der Waals surface area (Å²) < 4.78 is 42.2. The Balaban J connectivity index is 1.51. The number of hydrogen-bond donors (Lipinski definition) is 1. The number of fused-ring (bicyclic) bond motifs is 1. The monoisotopic (exact) mass is 412 g/mol. The van der Waals surface area contributed by atoms with Crippen molar-refractivity contribution in [2.45, 2.75) is 25.5 Å². The molecule has 2 aliphatic rings. The number of nitriles is 1. The van der Waals surface area contributed by atoms with Crippen LogP contribution < -0.4 is 10.1 Å². The Morgan fingerprint density at radius 1 is 1.37 bits per heavy atom. The van der Waals surface area contributed by atoms with Crippen LogP contribution in [0.5, 0.6) is 5.88 Å². The quantitative estimate of drug-likeness (QED) is 0.678. The molecule has 3 aromatic rings. The third-order valence-electron chi connectivity index (χ3n) is 5.43. The Kier molecular flexibility index (Phi) is 3.96. The molecule has 2 saturated heterocycles. The van der Waals surface area contributed by atoms with Crippen molar-refractivity contribution in [2.75, 3.05) is 31.7 Å². The summed E-state index contributed by atoms with van der Waals surface area (Å²) in [6.07, 6.45) is 3.56. The molecule has 0 amide bonds. The molecule has 0 spiro atoms. The van der Waals surface area contributed by atoms with Crippen molar-refractivity contribution >= 4 is 22.7 Å². The first-order chi connectivity index (χ1) is 15.8. The van der Waals surface area contributed by atoms with Crippen molar-refractivity contribution in [1.29, 1.82) is 5.26 Å². The highest BCUT2D eigenvalue weighted by Gasteiger charge is 2.28. The zero-order chi connectivity index (χ0) is 23.2. The number of aryl methyl sites for hydroxylation is 1. The second kappa shape index (κ2) is 7.59. The predicted octanol–water partition coefficient (Wildman–Crippen LogP) is 2.16. The standard InChI is InChI=1S/C20H23N7O3/c1-12-9-28-4-3-17(12)27-14(6-21)5-13-7-22-20(24-18(13)27)23-16-8-26(2)25-19(16)30-15-10-29-11-15/h5,7-8,12,15,17H,3-4,9-11H2,1-2H3,(H,22,23,24)/t12-,17-/m1/s1/i2D3. The average Bonchev–Trinajstić information content (AvgIpc) is 3.32. The summed E-state index contributed by atoms with van der Waals surface area (Å²) in [4.78, 5) is 9.02. The van der Waals surface area contributed by atoms with Crippen molar-refractivity contribution in [3.05, 3.63) is 24.2 Å². The number of anilines is 2. The highest BCUT2D eigenvalue weighted by molar-refractivity contribution is 5.79. The van der Waals surface area contributed by atoms with Crippen LogP contribution in [0.1, 0.15) is 29.2 Å². The Labute approximate surface area is 177 Å². The molecule has 2 fully saturated rings. The summed E-state index contributed by atoms with van der Waals surface area (Å²) in [7, 11) is 0. The fourth-order valence-electron chi connectivity index (χ4n) is 3.83. The van der Waals surface area contributed by atoms with Crippen LogP contribution in [0, 0.1) is 17.2 Å². The van der Waals surface area contributed by atoms with Gasteiger partial charge in [0.2, 0.25) is 5.95 Å². The van der Waals surface area contributed by atoms with Crippen LogP contribution in [0.25, 0.3) is 11.0 Å². The van der Waals surface area contributed by atoms with Crippen molar-refractivity contribution in [3.8, 4) is 11.9 Å². The summed E-state index contributed by atoms with van der Waals surface area (Å²) >= 11 is 0. The molecule has 10 nitrogen and oxygen atoms in total. The molecule has 5 rings (SSSR count). The lowest BCUT2D eigenvalue weighted by molar-refractivity contribution is -0.0812. The van der Waals surface area contributed by atoms with E-state index in [9.17, 15) is 5.26 Å². The number of aromatic nitrogens is 5. The normalized spacial score (nSPS) is 23.8. The van der Waals surface area contributed by atoms with Crippen LogP contribution in [0.15, 0.2) is 18.5 Å². The van der Waals surface area contributed by atoms with Crippen LogP contribution in [0.4, 0.5) is 11.6 Å². The minimum absolute atomic E-state index is 0.0736. The summed E-state index contributed by atoms with van der Waals surface area (Å²) in [5.74, 6) is 0.593. The maximum atomic E-state index is 9.71. The van der Waals surface area contributed by atoms with Crippen molar-refractivity contribution in [1.82, 2.24) is 24.3 Å². The van der Waals surface area contributed by atoms with Crippen LogP contribution in [-0.2, 0) is 16.4 Å². The van der Waals surface area contributed by atoms with Gasteiger partial charge in [-0.3, -0.25) is 4.68 Å². The largest absolute Gasteiger partial charge is 0.467 e. The van der Waals surface area contributed by atoms with E-state index in [1.165, 1.54) is 6.20 Å². The van der Waals surface area contributed by atoms with Crippen molar-refractivity contribution in [3.63, 3.8) is 0 Å². The summed E-state index contributed by atoms with van der Waals surface area (Å²) in [6.45, 7) is 1.69. The van der Waals surface area contributed by atoms with E-state index in [1.54, 1.807) is 12.3 Å². The minimum atomic E-state index is -2.46. The summed E-state index contributed by atoms with van der Waals surface area (Å²) in [6, 6.07) is 4.11. The second-order valence-corrected chi connectivity index (χ2v) is 7.59. The molecule has 2 aliphatic heterocycles. The number of ether oxygens (including phenoxy) is 3. The Morgan fingerprint density at radius 3 is 3.00 bits per heavy atom. The number of rotatable bonds is 5. The van der Waals surface area contributed by atoms with E-state index in [2.05, 4.69) is 33.4 Å². The van der Waals surface area contributed by atoms with Gasteiger partial charge in [0.15, 0.2) is 0 Å². The average molecular weight is 412 g/mol. The molecule has 0 saturated carbocycles. The molecular weight excluding hydrogens is 386 g/mol. The zero-order valence-electron chi connectivity index (χ0n) is 19.4. The van der Waals surface area contributed by atoms with E-state index in [0.717, 1.165) is 16.5 Å². The minimum Gasteiger partial charge on any atom is -0.467 e. The Morgan fingerprint density at radius 2 is 2.27 bits per heavy atom. The third-order valence-corrected chi connectivity index (χ3v) is 5.43. The van der Waals surface area contributed by atoms with Gasteiger partial charge in [0.1, 0.15) is 29.2 Å². The Hall–Kier alpha value is -3.16. The smallest absolute Gasteiger partial charge is 0.257 e. The fourth-order valence-corrected chi connectivity index (χ4v) is 3.83. The number of hydrogen-bond acceptors (Lipinski definition) is 8. The number of nitrogens with zero attached hydrogens (tertiary/aromatic N) is 6. The molecule has 30 heavy (non-hydrogen) atoms. The molecule has 1 N–H and O–H groups in total. The highest BCUT2D eigenvalue weighted by Crippen LogP contribution is 2.33. The molecule has 0 radical (unpaired) electrons. The van der Waals surface area contributed by atoms with Gasteiger partial charge >= 0.3 is 0 Å². The fraction of sp³-hybridized carbons (Fsp3) is 0.500. The second-order valence-electron chi connectivity index (χ2n) is 7.59.